The highest BCUT2D eigenvalue weighted by Crippen LogP contribution is 2.21. The number of hydrogen-bond acceptors (Lipinski definition) is 3. The molecule has 1 aromatic carbocycles. The highest BCUT2D eigenvalue weighted by atomic mass is 19.1. The normalized spacial score (nSPS) is 11.3. The first-order valence-corrected chi connectivity index (χ1v) is 8.49. The van der Waals surface area contributed by atoms with E-state index in [2.05, 4.69) is 26.8 Å². The van der Waals surface area contributed by atoms with Crippen LogP contribution >= 0.6 is 0 Å². The second kappa shape index (κ2) is 6.25. The quantitative estimate of drug-likeness (QED) is 0.608. The van der Waals surface area contributed by atoms with Crippen molar-refractivity contribution in [1.82, 2.24) is 18.9 Å². The largest absolute Gasteiger partial charge is 0.328 e. The van der Waals surface area contributed by atoms with Gasteiger partial charge in [-0.05, 0) is 43.7 Å². The van der Waals surface area contributed by atoms with Crippen LogP contribution in [0.15, 0.2) is 42.6 Å². The number of nitrogens with one attached hydrogen (secondary N) is 1. The van der Waals surface area contributed by atoms with Crippen molar-refractivity contribution in [2.24, 2.45) is 0 Å². The summed E-state index contributed by atoms with van der Waals surface area (Å²) in [6, 6.07) is 10.6. The van der Waals surface area contributed by atoms with Gasteiger partial charge in [0.05, 0.1) is 11.0 Å². The second-order valence-corrected chi connectivity index (χ2v) is 6.15. The van der Waals surface area contributed by atoms with E-state index in [0.29, 0.717) is 11.3 Å². The van der Waals surface area contributed by atoms with Gasteiger partial charge in [0.2, 0.25) is 5.95 Å². The molecule has 0 aliphatic rings. The molecule has 4 aromatic rings. The zero-order valence-corrected chi connectivity index (χ0v) is 14.5. The Hall–Kier alpha value is -3.22. The van der Waals surface area contributed by atoms with Crippen LogP contribution in [0.4, 0.5) is 10.1 Å². The molecule has 3 aromatic heterocycles. The third-order valence-electron chi connectivity index (χ3n) is 4.33. The number of hydrogen-bond donors (Lipinski definition) is 1. The monoisotopic (exact) mass is 351 g/mol. The van der Waals surface area contributed by atoms with Gasteiger partial charge in [-0.2, -0.15) is 4.39 Å². The Kier molecular flexibility index (Phi) is 3.91. The first kappa shape index (κ1) is 16.3. The van der Waals surface area contributed by atoms with Gasteiger partial charge in [-0.15, -0.1) is 0 Å². The molecule has 0 atom stereocenters. The van der Waals surface area contributed by atoms with Crippen LogP contribution < -0.4 is 5.32 Å². The topological polar surface area (TPSA) is 64.2 Å². The summed E-state index contributed by atoms with van der Waals surface area (Å²) in [5.41, 5.74) is 2.52. The Morgan fingerprint density at radius 1 is 1.23 bits per heavy atom. The van der Waals surface area contributed by atoms with E-state index in [1.54, 1.807) is 30.3 Å². The molecule has 0 saturated heterocycles. The number of nitrogens with zero attached hydrogens (tertiary/aromatic N) is 4. The zero-order valence-electron chi connectivity index (χ0n) is 14.5. The van der Waals surface area contributed by atoms with Gasteiger partial charge in [0.15, 0.2) is 5.69 Å². The predicted molar refractivity (Wildman–Crippen MR) is 97.9 cm³/mol. The number of pyridine rings is 1. The van der Waals surface area contributed by atoms with Gasteiger partial charge in [0, 0.05) is 18.4 Å². The maximum Gasteiger partial charge on any atom is 0.279 e. The molecule has 6 nitrogen and oxygen atoms in total. The van der Waals surface area contributed by atoms with Crippen molar-refractivity contribution in [3.63, 3.8) is 0 Å². The predicted octanol–water partition coefficient (Wildman–Crippen LogP) is 3.79. The number of benzene rings is 1. The molecular weight excluding hydrogens is 333 g/mol. The minimum Gasteiger partial charge on any atom is -0.328 e. The average molecular weight is 351 g/mol. The summed E-state index contributed by atoms with van der Waals surface area (Å²) >= 11 is 0. The minimum atomic E-state index is -0.678. The number of anilines is 1. The van der Waals surface area contributed by atoms with Crippen LogP contribution in [0, 0.1) is 12.9 Å². The summed E-state index contributed by atoms with van der Waals surface area (Å²) in [6.07, 6.45) is 2.54. The van der Waals surface area contributed by atoms with E-state index in [9.17, 15) is 9.18 Å². The Balaban J connectivity index is 1.65. The number of carbonyl (C=O) groups excluding carboxylic acids is 1. The first-order valence-electron chi connectivity index (χ1n) is 8.49. The van der Waals surface area contributed by atoms with E-state index in [1.165, 1.54) is 10.6 Å². The van der Waals surface area contributed by atoms with Gasteiger partial charge in [0.1, 0.15) is 11.5 Å². The Morgan fingerprint density at radius 2 is 2.08 bits per heavy atom. The number of halogens is 1. The zero-order chi connectivity index (χ0) is 18.3. The molecule has 1 amide bonds. The number of aryl methyl sites for hydroxylation is 2. The molecule has 132 valence electrons. The highest BCUT2D eigenvalue weighted by molar-refractivity contribution is 6.04. The van der Waals surface area contributed by atoms with E-state index in [4.69, 9.17) is 0 Å². The summed E-state index contributed by atoms with van der Waals surface area (Å²) in [5, 5.41) is 2.71. The van der Waals surface area contributed by atoms with Gasteiger partial charge >= 0.3 is 0 Å². The lowest BCUT2D eigenvalue weighted by atomic mass is 10.2. The number of amides is 1. The smallest absolute Gasteiger partial charge is 0.279 e. The van der Waals surface area contributed by atoms with Gasteiger partial charge < -0.3 is 9.88 Å². The average Bonchev–Trinajstić information content (AvgIpc) is 3.13. The van der Waals surface area contributed by atoms with Crippen LogP contribution in [0.5, 0.6) is 0 Å². The Morgan fingerprint density at radius 3 is 2.85 bits per heavy atom. The van der Waals surface area contributed by atoms with Gasteiger partial charge in [-0.3, -0.25) is 9.20 Å². The van der Waals surface area contributed by atoms with Crippen LogP contribution in [-0.4, -0.2) is 24.8 Å². The fourth-order valence-corrected chi connectivity index (χ4v) is 3.13. The highest BCUT2D eigenvalue weighted by Gasteiger charge is 2.19. The number of imidazole rings is 2. The third kappa shape index (κ3) is 2.61. The van der Waals surface area contributed by atoms with Crippen molar-refractivity contribution in [3.05, 3.63) is 60.1 Å². The SMILES string of the molecule is CCCn1c(C)nc2cc(NC(=O)c3nc4ccccn4c3F)ccc21. The van der Waals surface area contributed by atoms with Gasteiger partial charge in [-0.1, -0.05) is 13.0 Å². The lowest BCUT2D eigenvalue weighted by Crippen LogP contribution is -2.14. The molecule has 3 heterocycles. The number of carbonyl (C=O) groups is 1. The molecule has 0 spiro atoms. The van der Waals surface area contributed by atoms with Crippen molar-refractivity contribution in [2.75, 3.05) is 5.32 Å². The summed E-state index contributed by atoms with van der Waals surface area (Å²) in [7, 11) is 0. The van der Waals surface area contributed by atoms with Crippen LogP contribution in [0.3, 0.4) is 0 Å². The van der Waals surface area contributed by atoms with Crippen molar-refractivity contribution >= 4 is 28.3 Å². The molecule has 4 rings (SSSR count). The number of aromatic nitrogens is 4. The van der Waals surface area contributed by atoms with Crippen molar-refractivity contribution in [3.8, 4) is 0 Å². The summed E-state index contributed by atoms with van der Waals surface area (Å²) in [6.45, 7) is 4.96. The first-order chi connectivity index (χ1) is 12.6. The molecule has 7 heteroatoms. The van der Waals surface area contributed by atoms with Crippen molar-refractivity contribution in [2.45, 2.75) is 26.8 Å². The fourth-order valence-electron chi connectivity index (χ4n) is 3.13. The van der Waals surface area contributed by atoms with Crippen molar-refractivity contribution in [1.29, 1.82) is 0 Å². The molecular formula is C19H18FN5O. The van der Waals surface area contributed by atoms with Crippen molar-refractivity contribution < 1.29 is 9.18 Å². The third-order valence-corrected chi connectivity index (χ3v) is 4.33. The molecule has 0 aliphatic carbocycles. The van der Waals surface area contributed by atoms with Gasteiger partial charge in [0.25, 0.3) is 5.91 Å². The number of rotatable bonds is 4. The fraction of sp³-hybridized carbons (Fsp3) is 0.211. The molecule has 0 fully saturated rings. The molecule has 0 bridgehead atoms. The lowest BCUT2D eigenvalue weighted by Gasteiger charge is -2.06. The van der Waals surface area contributed by atoms with Crippen LogP contribution in [-0.2, 0) is 6.54 Å². The molecule has 0 unspecified atom stereocenters. The number of fused-ring (bicyclic) bond motifs is 2. The van der Waals surface area contributed by atoms with E-state index in [-0.39, 0.29) is 5.69 Å². The van der Waals surface area contributed by atoms with Crippen LogP contribution in [0.1, 0.15) is 29.7 Å². The minimum absolute atomic E-state index is 0.232. The molecule has 0 radical (unpaired) electrons. The Bertz CT molecular complexity index is 1130. The lowest BCUT2D eigenvalue weighted by molar-refractivity contribution is 0.101. The van der Waals surface area contributed by atoms with E-state index < -0.39 is 11.9 Å². The van der Waals surface area contributed by atoms with E-state index in [0.717, 1.165) is 29.8 Å². The van der Waals surface area contributed by atoms with Crippen LogP contribution in [0.25, 0.3) is 16.7 Å². The molecule has 26 heavy (non-hydrogen) atoms. The van der Waals surface area contributed by atoms with E-state index in [1.807, 2.05) is 13.0 Å². The Labute approximate surface area is 149 Å². The van der Waals surface area contributed by atoms with E-state index >= 15 is 0 Å². The maximum atomic E-state index is 14.4. The summed E-state index contributed by atoms with van der Waals surface area (Å²) in [4.78, 5) is 21.1. The molecule has 1 N–H and O–H groups in total. The standard InChI is InChI=1S/C19H18FN5O/c1-3-9-24-12(2)21-14-11-13(7-8-15(14)24)22-19(26)17-18(20)25-10-5-4-6-16(25)23-17/h4-8,10-11H,3,9H2,1-2H3,(H,22,26). The molecule has 0 saturated carbocycles. The summed E-state index contributed by atoms with van der Waals surface area (Å²) < 4.78 is 17.8. The maximum absolute atomic E-state index is 14.4. The molecule has 0 aliphatic heterocycles. The van der Waals surface area contributed by atoms with Crippen LogP contribution in [0.2, 0.25) is 0 Å². The van der Waals surface area contributed by atoms with Gasteiger partial charge in [-0.25, -0.2) is 9.97 Å². The summed E-state index contributed by atoms with van der Waals surface area (Å²) in [5.74, 6) is -0.339. The second-order valence-electron chi connectivity index (χ2n) is 6.15.